The minimum Gasteiger partial charge on any atom is -0.355 e. The number of carbonyl (C=O) groups is 2. The average Bonchev–Trinajstić information content (AvgIpc) is 2.91. The van der Waals surface area contributed by atoms with Gasteiger partial charge in [-0.05, 0) is 36.9 Å². The maximum atomic E-state index is 12.1. The molecule has 2 bridgehead atoms. The molecule has 5 nitrogen and oxygen atoms in total. The molecule has 0 aromatic heterocycles. The van der Waals surface area contributed by atoms with Crippen LogP contribution in [0.3, 0.4) is 0 Å². The normalized spacial score (nSPS) is 25.4. The van der Waals surface area contributed by atoms with Crippen LogP contribution in [0, 0.1) is 0 Å². The third kappa shape index (κ3) is 2.34. The van der Waals surface area contributed by atoms with Gasteiger partial charge in [0.2, 0.25) is 0 Å². The van der Waals surface area contributed by atoms with Gasteiger partial charge in [0, 0.05) is 0 Å². The lowest BCUT2D eigenvalue weighted by Gasteiger charge is -2.29. The molecular formula is C15H18N2O3. The van der Waals surface area contributed by atoms with E-state index in [1.54, 1.807) is 0 Å². The zero-order chi connectivity index (χ0) is 14.1. The number of benzene rings is 1. The molecule has 106 valence electrons. The van der Waals surface area contributed by atoms with Crippen molar-refractivity contribution < 1.29 is 14.3 Å². The summed E-state index contributed by atoms with van der Waals surface area (Å²) in [6, 6.07) is 7.88. The van der Waals surface area contributed by atoms with Crippen molar-refractivity contribution in [1.29, 1.82) is 0 Å². The Hall–Kier alpha value is -1.72. The summed E-state index contributed by atoms with van der Waals surface area (Å²) in [5.74, 6) is -0.399. The van der Waals surface area contributed by atoms with Crippen LogP contribution in [0.2, 0.25) is 0 Å². The van der Waals surface area contributed by atoms with Crippen molar-refractivity contribution in [3.8, 4) is 0 Å². The van der Waals surface area contributed by atoms with Crippen LogP contribution >= 0.6 is 0 Å². The van der Waals surface area contributed by atoms with Gasteiger partial charge in [0.25, 0.3) is 11.8 Å². The molecule has 3 rings (SSSR count). The van der Waals surface area contributed by atoms with E-state index >= 15 is 0 Å². The predicted octanol–water partition coefficient (Wildman–Crippen LogP) is 0.604. The van der Waals surface area contributed by atoms with Crippen molar-refractivity contribution in [2.24, 2.45) is 5.73 Å². The molecule has 5 heteroatoms. The maximum absolute atomic E-state index is 12.1. The number of nitrogens with two attached hydrogens (primary N) is 1. The minimum atomic E-state index is -0.422. The van der Waals surface area contributed by atoms with Crippen LogP contribution in [0.5, 0.6) is 0 Å². The highest BCUT2D eigenvalue weighted by Crippen LogP contribution is 2.29. The number of rotatable bonds is 4. The number of hydrogen-bond donors (Lipinski definition) is 1. The second-order valence-corrected chi connectivity index (χ2v) is 5.31. The van der Waals surface area contributed by atoms with Crippen LogP contribution in [0.1, 0.15) is 24.0 Å². The molecular weight excluding hydrogens is 256 g/mol. The van der Waals surface area contributed by atoms with Crippen LogP contribution in [-0.4, -0.2) is 35.5 Å². The molecule has 2 fully saturated rings. The predicted molar refractivity (Wildman–Crippen MR) is 72.7 cm³/mol. The summed E-state index contributed by atoms with van der Waals surface area (Å²) in [6.45, 7) is 0.945. The smallest absolute Gasteiger partial charge is 0.258 e. The van der Waals surface area contributed by atoms with Crippen LogP contribution in [0.25, 0.3) is 0 Å². The Morgan fingerprint density at radius 1 is 1.05 bits per heavy atom. The van der Waals surface area contributed by atoms with Crippen LogP contribution in [0.4, 0.5) is 0 Å². The molecule has 0 radical (unpaired) electrons. The van der Waals surface area contributed by atoms with E-state index in [9.17, 15) is 9.59 Å². The largest absolute Gasteiger partial charge is 0.355 e. The van der Waals surface area contributed by atoms with E-state index in [4.69, 9.17) is 10.5 Å². The first-order valence-electron chi connectivity index (χ1n) is 6.97. The molecule has 1 aromatic rings. The second kappa shape index (κ2) is 5.34. The first-order chi connectivity index (χ1) is 9.69. The summed E-state index contributed by atoms with van der Waals surface area (Å²) < 4.78 is 5.39. The van der Waals surface area contributed by atoms with E-state index in [2.05, 4.69) is 0 Å². The lowest BCUT2D eigenvalue weighted by molar-refractivity contribution is -0.169. The first-order valence-corrected chi connectivity index (χ1v) is 6.97. The van der Waals surface area contributed by atoms with Gasteiger partial charge in [-0.25, -0.2) is 0 Å². The SMILES string of the molecule is NCCc1ccc(CN2C(=O)C3CCC(O3)C2=O)cc1. The molecule has 2 saturated heterocycles. The summed E-state index contributed by atoms with van der Waals surface area (Å²) in [7, 11) is 0. The Morgan fingerprint density at radius 3 is 2.15 bits per heavy atom. The fourth-order valence-electron chi connectivity index (χ4n) is 2.77. The van der Waals surface area contributed by atoms with Gasteiger partial charge in [-0.3, -0.25) is 14.5 Å². The Kier molecular flexibility index (Phi) is 3.54. The number of amides is 2. The number of likely N-dealkylation sites (tertiary alicyclic amines) is 1. The van der Waals surface area contributed by atoms with Crippen molar-refractivity contribution in [2.45, 2.75) is 38.0 Å². The molecule has 2 heterocycles. The van der Waals surface area contributed by atoms with Gasteiger partial charge in [0.05, 0.1) is 6.54 Å². The molecule has 2 aliphatic rings. The van der Waals surface area contributed by atoms with Gasteiger partial charge in [-0.1, -0.05) is 24.3 Å². The van der Waals surface area contributed by atoms with Crippen LogP contribution in [0.15, 0.2) is 24.3 Å². The number of hydrogen-bond acceptors (Lipinski definition) is 4. The fourth-order valence-corrected chi connectivity index (χ4v) is 2.77. The Labute approximate surface area is 117 Å². The number of ether oxygens (including phenoxy) is 1. The lowest BCUT2D eigenvalue weighted by Crippen LogP contribution is -2.51. The van der Waals surface area contributed by atoms with E-state index in [1.165, 1.54) is 4.90 Å². The highest BCUT2D eigenvalue weighted by atomic mass is 16.5. The lowest BCUT2D eigenvalue weighted by atomic mass is 10.1. The highest BCUT2D eigenvalue weighted by Gasteiger charge is 2.46. The van der Waals surface area contributed by atoms with E-state index < -0.39 is 12.2 Å². The molecule has 1 aromatic carbocycles. The Bertz CT molecular complexity index is 504. The zero-order valence-corrected chi connectivity index (χ0v) is 11.2. The summed E-state index contributed by atoms with van der Waals surface area (Å²) in [5.41, 5.74) is 7.63. The first kappa shape index (κ1) is 13.3. The molecule has 2 aliphatic heterocycles. The summed E-state index contributed by atoms with van der Waals surface area (Å²) in [6.07, 6.45) is 1.30. The topological polar surface area (TPSA) is 72.6 Å². The van der Waals surface area contributed by atoms with E-state index in [0.717, 1.165) is 17.5 Å². The zero-order valence-electron chi connectivity index (χ0n) is 11.2. The average molecular weight is 274 g/mol. The summed E-state index contributed by atoms with van der Waals surface area (Å²) in [5, 5.41) is 0. The number of nitrogens with zero attached hydrogens (tertiary/aromatic N) is 1. The molecule has 2 atom stereocenters. The van der Waals surface area contributed by atoms with Gasteiger partial charge < -0.3 is 10.5 Å². The van der Waals surface area contributed by atoms with Gasteiger partial charge in [0.1, 0.15) is 12.2 Å². The molecule has 2 N–H and O–H groups in total. The Balaban J connectivity index is 1.73. The standard InChI is InChI=1S/C15H18N2O3/c16-8-7-10-1-3-11(4-2-10)9-17-14(18)12-5-6-13(20-12)15(17)19/h1-4,12-13H,5-9,16H2. The number of morpholine rings is 1. The summed E-state index contributed by atoms with van der Waals surface area (Å²) in [4.78, 5) is 25.6. The van der Waals surface area contributed by atoms with E-state index in [0.29, 0.717) is 25.9 Å². The van der Waals surface area contributed by atoms with Gasteiger partial charge >= 0.3 is 0 Å². The number of carbonyl (C=O) groups excluding carboxylic acids is 2. The maximum Gasteiger partial charge on any atom is 0.258 e. The molecule has 2 amide bonds. The third-order valence-electron chi connectivity index (χ3n) is 3.90. The van der Waals surface area contributed by atoms with E-state index in [1.807, 2.05) is 24.3 Å². The number of fused-ring (bicyclic) bond motifs is 2. The van der Waals surface area contributed by atoms with Crippen molar-refractivity contribution in [1.82, 2.24) is 4.90 Å². The molecule has 0 aliphatic carbocycles. The van der Waals surface area contributed by atoms with Crippen molar-refractivity contribution in [3.63, 3.8) is 0 Å². The van der Waals surface area contributed by atoms with Gasteiger partial charge in [0.15, 0.2) is 0 Å². The molecule has 2 unspecified atom stereocenters. The second-order valence-electron chi connectivity index (χ2n) is 5.31. The number of imide groups is 1. The monoisotopic (exact) mass is 274 g/mol. The highest BCUT2D eigenvalue weighted by molar-refractivity contribution is 6.02. The molecule has 0 saturated carbocycles. The van der Waals surface area contributed by atoms with Gasteiger partial charge in [-0.2, -0.15) is 0 Å². The Morgan fingerprint density at radius 2 is 1.60 bits per heavy atom. The van der Waals surface area contributed by atoms with Crippen molar-refractivity contribution >= 4 is 11.8 Å². The fraction of sp³-hybridized carbons (Fsp3) is 0.467. The quantitative estimate of drug-likeness (QED) is 0.816. The molecule has 20 heavy (non-hydrogen) atoms. The van der Waals surface area contributed by atoms with Crippen molar-refractivity contribution in [3.05, 3.63) is 35.4 Å². The van der Waals surface area contributed by atoms with Crippen LogP contribution in [-0.2, 0) is 27.3 Å². The van der Waals surface area contributed by atoms with Crippen LogP contribution < -0.4 is 5.73 Å². The van der Waals surface area contributed by atoms with Crippen molar-refractivity contribution in [2.75, 3.05) is 6.54 Å². The summed E-state index contributed by atoms with van der Waals surface area (Å²) >= 11 is 0. The van der Waals surface area contributed by atoms with E-state index in [-0.39, 0.29) is 11.8 Å². The molecule has 0 spiro atoms. The third-order valence-corrected chi connectivity index (χ3v) is 3.90. The van der Waals surface area contributed by atoms with Gasteiger partial charge in [-0.15, -0.1) is 0 Å². The minimum absolute atomic E-state index is 0.199.